The zero-order valence-corrected chi connectivity index (χ0v) is 11.2. The Bertz CT molecular complexity index is 299. The number of aliphatic hydroxyl groups is 2. The van der Waals surface area contributed by atoms with Gasteiger partial charge >= 0.3 is 0 Å². The molecule has 0 heterocycles. The van der Waals surface area contributed by atoms with E-state index in [1.54, 1.807) is 0 Å². The molecule has 0 aliphatic heterocycles. The standard InChI is InChI=1S/C15H26O2/c1-10(2)12-4-5-15(8-12)11(3)6-14(17)7-13(15)9-16/h11-14,16-17H,1,4-9H2,2-3H3/t11-,12-,13-,14+,15+/m1/s1. The molecule has 98 valence electrons. The van der Waals surface area contributed by atoms with E-state index in [-0.39, 0.29) is 24.0 Å². The largest absolute Gasteiger partial charge is 0.396 e. The molecule has 2 aliphatic carbocycles. The van der Waals surface area contributed by atoms with Gasteiger partial charge in [-0.3, -0.25) is 0 Å². The monoisotopic (exact) mass is 238 g/mol. The third kappa shape index (κ3) is 2.17. The Kier molecular flexibility index (Phi) is 3.65. The molecule has 2 heteroatoms. The number of allylic oxidation sites excluding steroid dienone is 1. The molecule has 2 fully saturated rings. The van der Waals surface area contributed by atoms with Gasteiger partial charge in [-0.25, -0.2) is 0 Å². The van der Waals surface area contributed by atoms with Crippen molar-refractivity contribution in [3.05, 3.63) is 12.2 Å². The Morgan fingerprint density at radius 3 is 2.65 bits per heavy atom. The van der Waals surface area contributed by atoms with Crippen LogP contribution < -0.4 is 0 Å². The van der Waals surface area contributed by atoms with Crippen LogP contribution in [0.4, 0.5) is 0 Å². The van der Waals surface area contributed by atoms with E-state index in [9.17, 15) is 10.2 Å². The van der Waals surface area contributed by atoms with E-state index in [1.165, 1.54) is 24.8 Å². The second kappa shape index (κ2) is 4.74. The molecule has 0 unspecified atom stereocenters. The van der Waals surface area contributed by atoms with Crippen molar-refractivity contribution in [3.63, 3.8) is 0 Å². The van der Waals surface area contributed by atoms with Gasteiger partial charge in [-0.05, 0) is 62.2 Å². The zero-order chi connectivity index (χ0) is 12.6. The van der Waals surface area contributed by atoms with Gasteiger partial charge in [0.25, 0.3) is 0 Å². The summed E-state index contributed by atoms with van der Waals surface area (Å²) < 4.78 is 0. The van der Waals surface area contributed by atoms with Crippen molar-refractivity contribution in [1.29, 1.82) is 0 Å². The van der Waals surface area contributed by atoms with E-state index in [1.807, 2.05) is 0 Å². The second-order valence-electron chi connectivity index (χ2n) is 6.43. The zero-order valence-electron chi connectivity index (χ0n) is 11.2. The summed E-state index contributed by atoms with van der Waals surface area (Å²) in [4.78, 5) is 0. The lowest BCUT2D eigenvalue weighted by molar-refractivity contribution is -0.0552. The summed E-state index contributed by atoms with van der Waals surface area (Å²) in [5.41, 5.74) is 1.55. The SMILES string of the molecule is C=C(C)[C@@H]1CC[C@@]2(C1)[C@@H](CO)C[C@@H](O)C[C@H]2C. The van der Waals surface area contributed by atoms with Crippen molar-refractivity contribution < 1.29 is 10.2 Å². The van der Waals surface area contributed by atoms with E-state index in [0.717, 1.165) is 12.8 Å². The van der Waals surface area contributed by atoms with Gasteiger partial charge < -0.3 is 10.2 Å². The topological polar surface area (TPSA) is 40.5 Å². The Balaban J connectivity index is 2.19. The summed E-state index contributed by atoms with van der Waals surface area (Å²) in [6.07, 6.45) is 5.05. The predicted molar refractivity (Wildman–Crippen MR) is 69.6 cm³/mol. The van der Waals surface area contributed by atoms with Gasteiger partial charge in [0, 0.05) is 6.61 Å². The van der Waals surface area contributed by atoms with Crippen LogP contribution in [0.1, 0.15) is 46.0 Å². The van der Waals surface area contributed by atoms with Gasteiger partial charge in [0.15, 0.2) is 0 Å². The van der Waals surface area contributed by atoms with E-state index in [2.05, 4.69) is 20.4 Å². The minimum absolute atomic E-state index is 0.211. The fourth-order valence-electron chi connectivity index (χ4n) is 4.31. The van der Waals surface area contributed by atoms with E-state index in [0.29, 0.717) is 11.8 Å². The predicted octanol–water partition coefficient (Wildman–Crippen LogP) is 2.75. The number of hydrogen-bond acceptors (Lipinski definition) is 2. The molecule has 0 aromatic carbocycles. The molecular weight excluding hydrogens is 212 g/mol. The van der Waals surface area contributed by atoms with Gasteiger partial charge in [0.2, 0.25) is 0 Å². The minimum Gasteiger partial charge on any atom is -0.396 e. The van der Waals surface area contributed by atoms with Crippen molar-refractivity contribution in [3.8, 4) is 0 Å². The molecule has 2 N–H and O–H groups in total. The normalized spacial score (nSPS) is 46.4. The van der Waals surface area contributed by atoms with Crippen molar-refractivity contribution in [2.24, 2.45) is 23.2 Å². The Morgan fingerprint density at radius 2 is 2.12 bits per heavy atom. The maximum Gasteiger partial charge on any atom is 0.0546 e. The highest BCUT2D eigenvalue weighted by Crippen LogP contribution is 2.58. The van der Waals surface area contributed by atoms with Crippen LogP contribution >= 0.6 is 0 Å². The molecular formula is C15H26O2. The van der Waals surface area contributed by atoms with Gasteiger partial charge in [-0.2, -0.15) is 0 Å². The van der Waals surface area contributed by atoms with Crippen LogP contribution in [0.3, 0.4) is 0 Å². The van der Waals surface area contributed by atoms with Gasteiger partial charge in [-0.15, -0.1) is 0 Å². The maximum absolute atomic E-state index is 9.87. The highest BCUT2D eigenvalue weighted by molar-refractivity contribution is 5.08. The third-order valence-corrected chi connectivity index (χ3v) is 5.48. The van der Waals surface area contributed by atoms with Crippen molar-refractivity contribution in [2.75, 3.05) is 6.61 Å². The summed E-state index contributed by atoms with van der Waals surface area (Å²) in [5.74, 6) is 1.43. The van der Waals surface area contributed by atoms with Gasteiger partial charge in [0.05, 0.1) is 6.10 Å². The quantitative estimate of drug-likeness (QED) is 0.726. The molecule has 0 aromatic rings. The van der Waals surface area contributed by atoms with Crippen LogP contribution in [0.25, 0.3) is 0 Å². The number of hydrogen-bond donors (Lipinski definition) is 2. The average Bonchev–Trinajstić information content (AvgIpc) is 2.70. The molecule has 0 amide bonds. The van der Waals surface area contributed by atoms with Crippen LogP contribution in [-0.4, -0.2) is 22.9 Å². The van der Waals surface area contributed by atoms with E-state index >= 15 is 0 Å². The lowest BCUT2D eigenvalue weighted by atomic mass is 9.58. The lowest BCUT2D eigenvalue weighted by Gasteiger charge is -2.48. The lowest BCUT2D eigenvalue weighted by Crippen LogP contribution is -2.44. The molecule has 2 saturated carbocycles. The fourth-order valence-corrected chi connectivity index (χ4v) is 4.31. The second-order valence-corrected chi connectivity index (χ2v) is 6.43. The molecule has 0 bridgehead atoms. The summed E-state index contributed by atoms with van der Waals surface area (Å²) in [7, 11) is 0. The first-order valence-electron chi connectivity index (χ1n) is 6.94. The summed E-state index contributed by atoms with van der Waals surface area (Å²) in [5, 5.41) is 19.5. The summed E-state index contributed by atoms with van der Waals surface area (Å²) in [6, 6.07) is 0. The fraction of sp³-hybridized carbons (Fsp3) is 0.867. The maximum atomic E-state index is 9.87. The molecule has 0 aromatic heterocycles. The first-order chi connectivity index (χ1) is 7.99. The van der Waals surface area contributed by atoms with Crippen LogP contribution in [0.15, 0.2) is 12.2 Å². The third-order valence-electron chi connectivity index (χ3n) is 5.48. The Hall–Kier alpha value is -0.340. The first kappa shape index (κ1) is 13.1. The highest BCUT2D eigenvalue weighted by atomic mass is 16.3. The van der Waals surface area contributed by atoms with Crippen LogP contribution in [-0.2, 0) is 0 Å². The van der Waals surface area contributed by atoms with Crippen molar-refractivity contribution in [1.82, 2.24) is 0 Å². The smallest absolute Gasteiger partial charge is 0.0546 e. The molecule has 5 atom stereocenters. The first-order valence-corrected chi connectivity index (χ1v) is 6.94. The Labute approximate surface area is 105 Å². The molecule has 2 aliphatic rings. The summed E-state index contributed by atoms with van der Waals surface area (Å²) in [6.45, 7) is 8.70. The highest BCUT2D eigenvalue weighted by Gasteiger charge is 2.51. The molecule has 17 heavy (non-hydrogen) atoms. The minimum atomic E-state index is -0.211. The molecule has 0 radical (unpaired) electrons. The molecule has 2 nitrogen and oxygen atoms in total. The molecule has 1 spiro atoms. The van der Waals surface area contributed by atoms with E-state index < -0.39 is 0 Å². The number of aliphatic hydroxyl groups excluding tert-OH is 2. The molecule has 0 saturated heterocycles. The molecule has 2 rings (SSSR count). The van der Waals surface area contributed by atoms with E-state index in [4.69, 9.17) is 0 Å². The number of rotatable bonds is 2. The van der Waals surface area contributed by atoms with Gasteiger partial charge in [-0.1, -0.05) is 19.1 Å². The average molecular weight is 238 g/mol. The van der Waals surface area contributed by atoms with Crippen LogP contribution in [0.2, 0.25) is 0 Å². The van der Waals surface area contributed by atoms with Crippen molar-refractivity contribution in [2.45, 2.75) is 52.1 Å². The van der Waals surface area contributed by atoms with Crippen LogP contribution in [0, 0.1) is 23.2 Å². The van der Waals surface area contributed by atoms with Crippen LogP contribution in [0.5, 0.6) is 0 Å². The van der Waals surface area contributed by atoms with Crippen molar-refractivity contribution >= 4 is 0 Å². The van der Waals surface area contributed by atoms with Gasteiger partial charge in [0.1, 0.15) is 0 Å². The summed E-state index contributed by atoms with van der Waals surface area (Å²) >= 11 is 0. The Morgan fingerprint density at radius 1 is 1.41 bits per heavy atom.